The highest BCUT2D eigenvalue weighted by atomic mass is 32.2. The second-order valence-corrected chi connectivity index (χ2v) is 7.70. The average Bonchev–Trinajstić information content (AvgIpc) is 3.20. The van der Waals surface area contributed by atoms with E-state index in [1.165, 1.54) is 31.0 Å². The maximum absolute atomic E-state index is 11.9. The molecule has 0 radical (unpaired) electrons. The van der Waals surface area contributed by atoms with Gasteiger partial charge in [0.2, 0.25) is 5.91 Å². The van der Waals surface area contributed by atoms with Crippen molar-refractivity contribution in [2.45, 2.75) is 43.3 Å². The molecular formula is C20H25N5O3S. The van der Waals surface area contributed by atoms with Crippen LogP contribution in [-0.2, 0) is 4.79 Å². The first kappa shape index (κ1) is 21.0. The molecule has 9 heteroatoms. The molecule has 0 bridgehead atoms. The number of carbonyl (C=O) groups is 1. The van der Waals surface area contributed by atoms with Crippen LogP contribution in [-0.4, -0.2) is 47.2 Å². The lowest BCUT2D eigenvalue weighted by Gasteiger charge is -2.25. The Kier molecular flexibility index (Phi) is 7.36. The summed E-state index contributed by atoms with van der Waals surface area (Å²) in [5.41, 5.74) is 0.890. The van der Waals surface area contributed by atoms with E-state index in [1.54, 1.807) is 14.2 Å². The molecule has 0 aliphatic heterocycles. The van der Waals surface area contributed by atoms with E-state index in [4.69, 9.17) is 14.7 Å². The number of thioether (sulfide) groups is 1. The van der Waals surface area contributed by atoms with Crippen LogP contribution in [0.3, 0.4) is 0 Å². The van der Waals surface area contributed by atoms with E-state index in [2.05, 4.69) is 20.1 Å². The Bertz CT molecular complexity index is 887. The molecule has 1 aromatic carbocycles. The van der Waals surface area contributed by atoms with Crippen molar-refractivity contribution in [1.82, 2.24) is 20.1 Å². The van der Waals surface area contributed by atoms with Crippen LogP contribution >= 0.6 is 11.8 Å². The minimum atomic E-state index is -0.192. The van der Waals surface area contributed by atoms with Crippen molar-refractivity contribution < 1.29 is 14.3 Å². The number of methoxy groups -OCH3 is 2. The second kappa shape index (κ2) is 10.2. The van der Waals surface area contributed by atoms with E-state index in [0.717, 1.165) is 24.2 Å². The lowest BCUT2D eigenvalue weighted by Crippen LogP contribution is -2.25. The zero-order chi connectivity index (χ0) is 20.6. The second-order valence-electron chi connectivity index (χ2n) is 6.76. The average molecular weight is 416 g/mol. The van der Waals surface area contributed by atoms with Crippen LogP contribution in [0.2, 0.25) is 0 Å². The summed E-state index contributed by atoms with van der Waals surface area (Å²) in [6.07, 6.45) is 5.70. The molecule has 1 aliphatic carbocycles. The Morgan fingerprint density at radius 2 is 2.00 bits per heavy atom. The first-order chi connectivity index (χ1) is 14.2. The number of hydrogen-bond donors (Lipinski definition) is 1. The van der Waals surface area contributed by atoms with Crippen LogP contribution in [0.1, 0.15) is 38.1 Å². The Hall–Kier alpha value is -2.73. The summed E-state index contributed by atoms with van der Waals surface area (Å²) < 4.78 is 12.9. The number of nitriles is 1. The Morgan fingerprint density at radius 1 is 1.24 bits per heavy atom. The van der Waals surface area contributed by atoms with Gasteiger partial charge in [-0.15, -0.1) is 10.2 Å². The van der Waals surface area contributed by atoms with Crippen LogP contribution in [0.4, 0.5) is 0 Å². The summed E-state index contributed by atoms with van der Waals surface area (Å²) in [4.78, 5) is 11.9. The van der Waals surface area contributed by atoms with Gasteiger partial charge in [0.25, 0.3) is 0 Å². The van der Waals surface area contributed by atoms with Gasteiger partial charge in [-0.1, -0.05) is 31.0 Å². The molecule has 1 heterocycles. The van der Waals surface area contributed by atoms with Crippen LogP contribution in [0.25, 0.3) is 11.4 Å². The Balaban J connectivity index is 1.91. The molecular weight excluding hydrogens is 390 g/mol. The summed E-state index contributed by atoms with van der Waals surface area (Å²) in [5.74, 6) is 2.05. The van der Waals surface area contributed by atoms with Gasteiger partial charge in [0, 0.05) is 11.6 Å². The lowest BCUT2D eigenvalue weighted by molar-refractivity contribution is -0.118. The quantitative estimate of drug-likeness (QED) is 0.522. The van der Waals surface area contributed by atoms with Gasteiger partial charge >= 0.3 is 0 Å². The molecule has 1 aliphatic rings. The van der Waals surface area contributed by atoms with Gasteiger partial charge in [0.15, 0.2) is 22.5 Å². The predicted molar refractivity (Wildman–Crippen MR) is 110 cm³/mol. The number of aromatic nitrogens is 3. The molecule has 1 saturated carbocycles. The number of nitrogens with one attached hydrogen (secondary N) is 1. The van der Waals surface area contributed by atoms with E-state index in [1.807, 2.05) is 24.3 Å². The predicted octanol–water partition coefficient (Wildman–Crippen LogP) is 3.20. The molecule has 1 N–H and O–H groups in total. The van der Waals surface area contributed by atoms with Crippen molar-refractivity contribution in [2.24, 2.45) is 0 Å². The van der Waals surface area contributed by atoms with Crippen molar-refractivity contribution in [1.29, 1.82) is 5.26 Å². The van der Waals surface area contributed by atoms with E-state index >= 15 is 0 Å². The van der Waals surface area contributed by atoms with Crippen molar-refractivity contribution in [2.75, 3.05) is 26.5 Å². The smallest absolute Gasteiger partial charge is 0.231 e. The molecule has 0 spiro atoms. The van der Waals surface area contributed by atoms with Gasteiger partial charge in [-0.05, 0) is 31.0 Å². The SMILES string of the molecule is COc1ccc(-c2nnc(SCC(=O)NCC#N)n2C2CCCCC2)cc1OC. The van der Waals surface area contributed by atoms with Crippen molar-refractivity contribution >= 4 is 17.7 Å². The largest absolute Gasteiger partial charge is 0.493 e. The minimum Gasteiger partial charge on any atom is -0.493 e. The highest BCUT2D eigenvalue weighted by Gasteiger charge is 2.25. The topological polar surface area (TPSA) is 102 Å². The number of nitrogens with zero attached hydrogens (tertiary/aromatic N) is 4. The summed E-state index contributed by atoms with van der Waals surface area (Å²) in [7, 11) is 3.21. The molecule has 0 unspecified atom stereocenters. The Labute approximate surface area is 174 Å². The highest BCUT2D eigenvalue weighted by Crippen LogP contribution is 2.37. The first-order valence-electron chi connectivity index (χ1n) is 9.61. The summed E-state index contributed by atoms with van der Waals surface area (Å²) in [5, 5.41) is 20.7. The number of carbonyl (C=O) groups excluding carboxylic acids is 1. The maximum Gasteiger partial charge on any atom is 0.231 e. The Morgan fingerprint density at radius 3 is 2.69 bits per heavy atom. The van der Waals surface area contributed by atoms with Gasteiger partial charge in [0.05, 0.1) is 26.0 Å². The fourth-order valence-corrected chi connectivity index (χ4v) is 4.37. The van der Waals surface area contributed by atoms with Crippen molar-refractivity contribution in [3.05, 3.63) is 18.2 Å². The molecule has 154 valence electrons. The van der Waals surface area contributed by atoms with E-state index in [0.29, 0.717) is 22.7 Å². The zero-order valence-corrected chi connectivity index (χ0v) is 17.5. The molecule has 0 saturated heterocycles. The zero-order valence-electron chi connectivity index (χ0n) is 16.7. The summed E-state index contributed by atoms with van der Waals surface area (Å²) >= 11 is 1.34. The third-order valence-corrected chi connectivity index (χ3v) is 5.89. The highest BCUT2D eigenvalue weighted by molar-refractivity contribution is 7.99. The van der Waals surface area contributed by atoms with Gasteiger partial charge in [-0.25, -0.2) is 0 Å². The molecule has 29 heavy (non-hydrogen) atoms. The van der Waals surface area contributed by atoms with Gasteiger partial charge in [-0.3, -0.25) is 9.36 Å². The molecule has 1 fully saturated rings. The van der Waals surface area contributed by atoms with E-state index < -0.39 is 0 Å². The maximum atomic E-state index is 11.9. The number of ether oxygens (including phenoxy) is 2. The molecule has 2 aromatic rings. The van der Waals surface area contributed by atoms with Gasteiger partial charge in [0.1, 0.15) is 6.54 Å². The number of amides is 1. The fraction of sp³-hybridized carbons (Fsp3) is 0.500. The molecule has 8 nitrogen and oxygen atoms in total. The molecule has 3 rings (SSSR count). The fourth-order valence-electron chi connectivity index (χ4n) is 3.54. The van der Waals surface area contributed by atoms with Crippen LogP contribution in [0.15, 0.2) is 23.4 Å². The molecule has 1 amide bonds. The van der Waals surface area contributed by atoms with E-state index in [9.17, 15) is 4.79 Å². The van der Waals surface area contributed by atoms with Crippen LogP contribution in [0.5, 0.6) is 11.5 Å². The number of hydrogen-bond acceptors (Lipinski definition) is 7. The number of benzene rings is 1. The molecule has 0 atom stereocenters. The molecule has 1 aromatic heterocycles. The summed E-state index contributed by atoms with van der Waals surface area (Å²) in [6.45, 7) is 0.00556. The van der Waals surface area contributed by atoms with Crippen molar-refractivity contribution in [3.8, 4) is 29.0 Å². The van der Waals surface area contributed by atoms with Gasteiger partial charge in [-0.2, -0.15) is 5.26 Å². The first-order valence-corrected chi connectivity index (χ1v) is 10.6. The van der Waals surface area contributed by atoms with Crippen LogP contribution < -0.4 is 14.8 Å². The lowest BCUT2D eigenvalue weighted by atomic mass is 9.95. The third-order valence-electron chi connectivity index (χ3n) is 4.94. The standard InChI is InChI=1S/C20H25N5O3S/c1-27-16-9-8-14(12-17(16)28-2)19-23-24-20(29-13-18(26)22-11-10-21)25(19)15-6-4-3-5-7-15/h8-9,12,15H,3-7,11,13H2,1-2H3,(H,22,26). The summed E-state index contributed by atoms with van der Waals surface area (Å²) in [6, 6.07) is 7.91. The third kappa shape index (κ3) is 5.01. The van der Waals surface area contributed by atoms with Crippen LogP contribution in [0, 0.1) is 11.3 Å². The van der Waals surface area contributed by atoms with Gasteiger partial charge < -0.3 is 14.8 Å². The van der Waals surface area contributed by atoms with E-state index in [-0.39, 0.29) is 18.2 Å². The monoisotopic (exact) mass is 415 g/mol. The minimum absolute atomic E-state index is 0.00556. The normalized spacial score (nSPS) is 14.2. The van der Waals surface area contributed by atoms with Crippen molar-refractivity contribution in [3.63, 3.8) is 0 Å². The number of rotatable bonds is 8.